The Morgan fingerprint density at radius 2 is 2.18 bits per heavy atom. The fraction of sp³-hybridized carbons (Fsp3) is 0.333. The Labute approximate surface area is 105 Å². The average Bonchev–Trinajstić information content (AvgIpc) is 3.13. The van der Waals surface area contributed by atoms with Gasteiger partial charge in [0.05, 0.1) is 17.1 Å². The molecule has 0 aromatic heterocycles. The van der Waals surface area contributed by atoms with Crippen LogP contribution in [0.25, 0.3) is 0 Å². The first kappa shape index (κ1) is 11.9. The molecule has 1 aliphatic carbocycles. The van der Waals surface area contributed by atoms with Crippen LogP contribution in [-0.4, -0.2) is 23.7 Å². The summed E-state index contributed by atoms with van der Waals surface area (Å²) in [6.45, 7) is 0. The van der Waals surface area contributed by atoms with Crippen LogP contribution in [-0.2, 0) is 0 Å². The van der Waals surface area contributed by atoms with Crippen molar-refractivity contribution >= 4 is 29.0 Å². The molecule has 1 amide bonds. The first-order chi connectivity index (χ1) is 8.20. The van der Waals surface area contributed by atoms with Crippen molar-refractivity contribution in [2.45, 2.75) is 18.9 Å². The number of alkyl halides is 1. The zero-order chi connectivity index (χ0) is 12.3. The molecule has 2 rings (SSSR count). The van der Waals surface area contributed by atoms with Gasteiger partial charge in [-0.1, -0.05) is 12.1 Å². The average molecular weight is 252 g/mol. The van der Waals surface area contributed by atoms with E-state index in [-0.39, 0.29) is 11.8 Å². The van der Waals surface area contributed by atoms with Crippen molar-refractivity contribution in [2.24, 2.45) is 10.7 Å². The van der Waals surface area contributed by atoms with E-state index in [1.165, 1.54) is 0 Å². The van der Waals surface area contributed by atoms with Gasteiger partial charge in [0.1, 0.15) is 5.84 Å². The molecular weight excluding hydrogens is 238 g/mol. The van der Waals surface area contributed by atoms with Gasteiger partial charge in [-0.05, 0) is 25.0 Å². The first-order valence-corrected chi connectivity index (χ1v) is 6.03. The molecule has 1 aliphatic rings. The number of carbonyl (C=O) groups excluding carboxylic acids is 1. The minimum atomic E-state index is -0.103. The largest absolute Gasteiger partial charge is 0.386 e. The second-order valence-electron chi connectivity index (χ2n) is 4.00. The molecule has 90 valence electrons. The SMILES string of the molecule is NC(CCl)=Nc1ccccc1C(=O)NC1CC1. The number of hydrogen-bond acceptors (Lipinski definition) is 2. The number of nitrogens with two attached hydrogens (primary N) is 1. The van der Waals surface area contributed by atoms with Gasteiger partial charge in [-0.25, -0.2) is 4.99 Å². The van der Waals surface area contributed by atoms with Crippen molar-refractivity contribution in [3.8, 4) is 0 Å². The highest BCUT2D eigenvalue weighted by atomic mass is 35.5. The topological polar surface area (TPSA) is 67.5 Å². The molecule has 1 aromatic rings. The lowest BCUT2D eigenvalue weighted by atomic mass is 10.1. The molecule has 1 fully saturated rings. The van der Waals surface area contributed by atoms with Gasteiger partial charge in [0.15, 0.2) is 0 Å². The number of hydrogen-bond donors (Lipinski definition) is 2. The van der Waals surface area contributed by atoms with Gasteiger partial charge in [0.2, 0.25) is 0 Å². The van der Waals surface area contributed by atoms with E-state index >= 15 is 0 Å². The fourth-order valence-corrected chi connectivity index (χ4v) is 1.50. The molecule has 17 heavy (non-hydrogen) atoms. The summed E-state index contributed by atoms with van der Waals surface area (Å²) in [6, 6.07) is 7.43. The summed E-state index contributed by atoms with van der Waals surface area (Å²) in [5.41, 5.74) is 6.67. The molecule has 1 saturated carbocycles. The van der Waals surface area contributed by atoms with Crippen LogP contribution in [0.4, 0.5) is 5.69 Å². The normalized spacial score (nSPS) is 15.7. The molecular formula is C12H14ClN3O. The molecule has 0 spiro atoms. The summed E-state index contributed by atoms with van der Waals surface area (Å²) in [5, 5.41) is 2.92. The zero-order valence-corrected chi connectivity index (χ0v) is 10.1. The first-order valence-electron chi connectivity index (χ1n) is 5.49. The Bertz CT molecular complexity index is 455. The Morgan fingerprint density at radius 1 is 1.47 bits per heavy atom. The molecule has 0 unspecified atom stereocenters. The van der Waals surface area contributed by atoms with E-state index in [0.29, 0.717) is 23.1 Å². The van der Waals surface area contributed by atoms with Crippen molar-refractivity contribution in [3.63, 3.8) is 0 Å². The van der Waals surface area contributed by atoms with Crippen molar-refractivity contribution in [1.29, 1.82) is 0 Å². The van der Waals surface area contributed by atoms with E-state index in [2.05, 4.69) is 10.3 Å². The van der Waals surface area contributed by atoms with E-state index in [9.17, 15) is 4.79 Å². The molecule has 0 bridgehead atoms. The van der Waals surface area contributed by atoms with Gasteiger partial charge in [-0.2, -0.15) is 0 Å². The number of para-hydroxylation sites is 1. The summed E-state index contributed by atoms with van der Waals surface area (Å²) in [7, 11) is 0. The van der Waals surface area contributed by atoms with Gasteiger partial charge in [0.25, 0.3) is 5.91 Å². The number of aliphatic imine (C=N–C) groups is 1. The molecule has 0 aliphatic heterocycles. The van der Waals surface area contributed by atoms with Crippen molar-refractivity contribution < 1.29 is 4.79 Å². The predicted octanol–water partition coefficient (Wildman–Crippen LogP) is 1.81. The summed E-state index contributed by atoms with van der Waals surface area (Å²) >= 11 is 5.57. The smallest absolute Gasteiger partial charge is 0.253 e. The van der Waals surface area contributed by atoms with Crippen LogP contribution < -0.4 is 11.1 Å². The predicted molar refractivity (Wildman–Crippen MR) is 68.9 cm³/mol. The molecule has 1 aromatic carbocycles. The van der Waals surface area contributed by atoms with Crippen LogP contribution in [0.3, 0.4) is 0 Å². The molecule has 0 saturated heterocycles. The highest BCUT2D eigenvalue weighted by molar-refractivity contribution is 6.28. The molecule has 0 radical (unpaired) electrons. The Hall–Kier alpha value is -1.55. The third kappa shape index (κ3) is 3.20. The quantitative estimate of drug-likeness (QED) is 0.487. The summed E-state index contributed by atoms with van der Waals surface area (Å²) in [6.07, 6.45) is 2.11. The summed E-state index contributed by atoms with van der Waals surface area (Å²) in [5.74, 6) is 0.353. The van der Waals surface area contributed by atoms with Gasteiger partial charge in [0, 0.05) is 6.04 Å². The van der Waals surface area contributed by atoms with E-state index in [4.69, 9.17) is 17.3 Å². The third-order valence-electron chi connectivity index (χ3n) is 2.46. The fourth-order valence-electron chi connectivity index (χ4n) is 1.44. The van der Waals surface area contributed by atoms with Crippen LogP contribution in [0.5, 0.6) is 0 Å². The summed E-state index contributed by atoms with van der Waals surface area (Å²) < 4.78 is 0. The standard InChI is InChI=1S/C12H14ClN3O/c13-7-11(14)16-10-4-2-1-3-9(10)12(17)15-8-5-6-8/h1-4,8H,5-7H2,(H2,14,16)(H,15,17). The number of carbonyl (C=O) groups is 1. The molecule has 5 heteroatoms. The number of nitrogens with zero attached hydrogens (tertiary/aromatic N) is 1. The number of nitrogens with one attached hydrogen (secondary N) is 1. The lowest BCUT2D eigenvalue weighted by Gasteiger charge is -2.06. The summed E-state index contributed by atoms with van der Waals surface area (Å²) in [4.78, 5) is 16.1. The molecule has 0 atom stereocenters. The minimum Gasteiger partial charge on any atom is -0.386 e. The van der Waals surface area contributed by atoms with Gasteiger partial charge >= 0.3 is 0 Å². The molecule has 4 nitrogen and oxygen atoms in total. The maximum absolute atomic E-state index is 11.9. The number of benzene rings is 1. The lowest BCUT2D eigenvalue weighted by molar-refractivity contribution is 0.0952. The third-order valence-corrected chi connectivity index (χ3v) is 2.74. The Balaban J connectivity index is 2.22. The minimum absolute atomic E-state index is 0.103. The maximum Gasteiger partial charge on any atom is 0.253 e. The number of amidine groups is 1. The van der Waals surface area contributed by atoms with Crippen LogP contribution >= 0.6 is 11.6 Å². The van der Waals surface area contributed by atoms with E-state index in [1.54, 1.807) is 18.2 Å². The lowest BCUT2D eigenvalue weighted by Crippen LogP contribution is -2.25. The molecule has 3 N–H and O–H groups in total. The van der Waals surface area contributed by atoms with Crippen molar-refractivity contribution in [1.82, 2.24) is 5.32 Å². The van der Waals surface area contributed by atoms with Crippen LogP contribution in [0.1, 0.15) is 23.2 Å². The number of amides is 1. The van der Waals surface area contributed by atoms with Gasteiger partial charge in [-0.15, -0.1) is 11.6 Å². The highest BCUT2D eigenvalue weighted by Crippen LogP contribution is 2.22. The van der Waals surface area contributed by atoms with E-state index < -0.39 is 0 Å². The van der Waals surface area contributed by atoms with E-state index in [1.807, 2.05) is 6.07 Å². The zero-order valence-electron chi connectivity index (χ0n) is 9.32. The van der Waals surface area contributed by atoms with E-state index in [0.717, 1.165) is 12.8 Å². The van der Waals surface area contributed by atoms with Crippen molar-refractivity contribution in [3.05, 3.63) is 29.8 Å². The van der Waals surface area contributed by atoms with Gasteiger partial charge < -0.3 is 11.1 Å². The molecule has 0 heterocycles. The Kier molecular flexibility index (Phi) is 3.64. The van der Waals surface area contributed by atoms with Crippen LogP contribution in [0, 0.1) is 0 Å². The maximum atomic E-state index is 11.9. The number of rotatable bonds is 4. The monoisotopic (exact) mass is 251 g/mol. The highest BCUT2D eigenvalue weighted by Gasteiger charge is 2.24. The number of halogens is 1. The van der Waals surface area contributed by atoms with Crippen LogP contribution in [0.2, 0.25) is 0 Å². The van der Waals surface area contributed by atoms with Crippen LogP contribution in [0.15, 0.2) is 29.3 Å². The van der Waals surface area contributed by atoms with Gasteiger partial charge in [-0.3, -0.25) is 4.79 Å². The Morgan fingerprint density at radius 3 is 2.82 bits per heavy atom. The second kappa shape index (κ2) is 5.19. The van der Waals surface area contributed by atoms with Crippen molar-refractivity contribution in [2.75, 3.05) is 5.88 Å². The second-order valence-corrected chi connectivity index (χ2v) is 4.27.